The van der Waals surface area contributed by atoms with E-state index in [2.05, 4.69) is 4.98 Å². The van der Waals surface area contributed by atoms with Crippen LogP contribution in [0.2, 0.25) is 0 Å². The van der Waals surface area contributed by atoms with E-state index in [1.807, 2.05) is 6.07 Å². The zero-order chi connectivity index (χ0) is 20.3. The van der Waals surface area contributed by atoms with E-state index < -0.39 is 10.8 Å². The first-order chi connectivity index (χ1) is 13.5. The summed E-state index contributed by atoms with van der Waals surface area (Å²) < 4.78 is 15.8. The van der Waals surface area contributed by atoms with Crippen LogP contribution in [0.3, 0.4) is 0 Å². The molecule has 10 nitrogen and oxygen atoms in total. The highest BCUT2D eigenvalue weighted by molar-refractivity contribution is 5.99. The molecular formula is C18H16N4O6. The number of hydrogen-bond donors (Lipinski definition) is 0. The number of benzene rings is 1. The van der Waals surface area contributed by atoms with Gasteiger partial charge in [0.2, 0.25) is 5.88 Å². The minimum absolute atomic E-state index is 0.0856. The molecule has 0 N–H and O–H groups in total. The molecule has 1 aromatic carbocycles. The predicted octanol–water partition coefficient (Wildman–Crippen LogP) is 1.78. The topological polar surface area (TPSA) is 128 Å². The number of pyridine rings is 1. The zero-order valence-electron chi connectivity index (χ0n) is 15.1. The maximum atomic E-state index is 12.7. The van der Waals surface area contributed by atoms with Crippen LogP contribution < -0.4 is 14.2 Å². The van der Waals surface area contributed by atoms with Crippen LogP contribution in [-0.4, -0.2) is 54.1 Å². The molecule has 0 bridgehead atoms. The van der Waals surface area contributed by atoms with Gasteiger partial charge in [0.15, 0.2) is 11.5 Å². The fraction of sp³-hybridized carbons (Fsp3) is 0.278. The number of amides is 1. The van der Waals surface area contributed by atoms with Gasteiger partial charge in [0, 0.05) is 18.3 Å². The summed E-state index contributed by atoms with van der Waals surface area (Å²) in [6, 6.07) is 7.58. The highest BCUT2D eigenvalue weighted by Crippen LogP contribution is 2.35. The third-order valence-corrected chi connectivity index (χ3v) is 4.22. The van der Waals surface area contributed by atoms with Gasteiger partial charge < -0.3 is 19.1 Å². The Morgan fingerprint density at radius 3 is 2.50 bits per heavy atom. The Morgan fingerprint density at radius 2 is 1.96 bits per heavy atom. The molecule has 1 aromatic heterocycles. The predicted molar refractivity (Wildman–Crippen MR) is 95.5 cm³/mol. The molecular weight excluding hydrogens is 368 g/mol. The SMILES string of the molecule is COc1cc(C(=O)N2CC(Oc3ccc(C#N)cn3)C2)c([N+](=O)[O-])cc1OC. The number of ether oxygens (including phenoxy) is 3. The number of nitriles is 1. The molecule has 2 aromatic rings. The Balaban J connectivity index is 1.71. The maximum absolute atomic E-state index is 12.7. The van der Waals surface area contributed by atoms with Gasteiger partial charge in [-0.3, -0.25) is 14.9 Å². The molecule has 10 heteroatoms. The van der Waals surface area contributed by atoms with Crippen molar-refractivity contribution in [2.75, 3.05) is 27.3 Å². The molecule has 0 radical (unpaired) electrons. The first-order valence-corrected chi connectivity index (χ1v) is 8.19. The van der Waals surface area contributed by atoms with Gasteiger partial charge in [-0.25, -0.2) is 4.98 Å². The fourth-order valence-corrected chi connectivity index (χ4v) is 2.73. The smallest absolute Gasteiger partial charge is 0.286 e. The summed E-state index contributed by atoms with van der Waals surface area (Å²) in [4.78, 5) is 28.9. The summed E-state index contributed by atoms with van der Waals surface area (Å²) in [5.41, 5.74) is -0.0306. The van der Waals surface area contributed by atoms with Crippen LogP contribution in [0.4, 0.5) is 5.69 Å². The van der Waals surface area contributed by atoms with Gasteiger partial charge in [-0.2, -0.15) is 5.26 Å². The molecule has 0 saturated carbocycles. The average molecular weight is 384 g/mol. The normalized spacial score (nSPS) is 13.2. The van der Waals surface area contributed by atoms with Crippen molar-refractivity contribution >= 4 is 11.6 Å². The number of aromatic nitrogens is 1. The minimum atomic E-state index is -0.635. The highest BCUT2D eigenvalue weighted by atomic mass is 16.6. The average Bonchev–Trinajstić information content (AvgIpc) is 2.69. The van der Waals surface area contributed by atoms with Crippen molar-refractivity contribution in [3.63, 3.8) is 0 Å². The van der Waals surface area contributed by atoms with Crippen LogP contribution in [0, 0.1) is 21.4 Å². The molecule has 1 saturated heterocycles. The molecule has 0 spiro atoms. The van der Waals surface area contributed by atoms with E-state index in [4.69, 9.17) is 19.5 Å². The number of nitrogens with zero attached hydrogens (tertiary/aromatic N) is 4. The van der Waals surface area contributed by atoms with E-state index >= 15 is 0 Å². The van der Waals surface area contributed by atoms with Gasteiger partial charge in [0.1, 0.15) is 17.7 Å². The van der Waals surface area contributed by atoms with Crippen LogP contribution in [0.15, 0.2) is 30.5 Å². The molecule has 1 aliphatic rings. The monoisotopic (exact) mass is 384 g/mol. The Hall–Kier alpha value is -3.87. The maximum Gasteiger partial charge on any atom is 0.286 e. The third kappa shape index (κ3) is 3.64. The van der Waals surface area contributed by atoms with Crippen molar-refractivity contribution in [1.82, 2.24) is 9.88 Å². The Morgan fingerprint density at radius 1 is 1.29 bits per heavy atom. The second kappa shape index (κ2) is 7.79. The highest BCUT2D eigenvalue weighted by Gasteiger charge is 2.36. The number of carbonyl (C=O) groups excluding carboxylic acids is 1. The second-order valence-corrected chi connectivity index (χ2v) is 5.93. The first kappa shape index (κ1) is 18.9. The Kier molecular flexibility index (Phi) is 5.26. The van der Waals surface area contributed by atoms with Crippen molar-refractivity contribution in [1.29, 1.82) is 5.26 Å². The summed E-state index contributed by atoms with van der Waals surface area (Å²) in [6.07, 6.45) is 1.10. The summed E-state index contributed by atoms with van der Waals surface area (Å²) in [5, 5.41) is 20.1. The summed E-state index contributed by atoms with van der Waals surface area (Å²) >= 11 is 0. The van der Waals surface area contributed by atoms with Crippen LogP contribution in [0.1, 0.15) is 15.9 Å². The number of hydrogen-bond acceptors (Lipinski definition) is 8. The number of rotatable bonds is 6. The van der Waals surface area contributed by atoms with E-state index in [0.29, 0.717) is 11.4 Å². The largest absolute Gasteiger partial charge is 0.493 e. The van der Waals surface area contributed by atoms with Crippen molar-refractivity contribution in [3.8, 4) is 23.4 Å². The number of nitro benzene ring substituents is 1. The van der Waals surface area contributed by atoms with Gasteiger partial charge >= 0.3 is 0 Å². The third-order valence-electron chi connectivity index (χ3n) is 4.22. The van der Waals surface area contributed by atoms with Crippen LogP contribution in [-0.2, 0) is 0 Å². The molecule has 28 heavy (non-hydrogen) atoms. The summed E-state index contributed by atoms with van der Waals surface area (Å²) in [7, 11) is 2.74. The standard InChI is InChI=1S/C18H16N4O6/c1-26-15-5-13(14(22(24)25)6-16(15)27-2)18(23)21-9-12(10-21)28-17-4-3-11(7-19)8-20-17/h3-6,8,12H,9-10H2,1-2H3. The molecule has 1 amide bonds. The van der Waals surface area contributed by atoms with Gasteiger partial charge in [-0.15, -0.1) is 0 Å². The van der Waals surface area contributed by atoms with Crippen molar-refractivity contribution in [3.05, 3.63) is 51.7 Å². The lowest BCUT2D eigenvalue weighted by atomic mass is 10.1. The lowest BCUT2D eigenvalue weighted by Crippen LogP contribution is -2.56. The molecule has 0 unspecified atom stereocenters. The first-order valence-electron chi connectivity index (χ1n) is 8.19. The van der Waals surface area contributed by atoms with E-state index in [9.17, 15) is 14.9 Å². The van der Waals surface area contributed by atoms with Crippen molar-refractivity contribution in [2.24, 2.45) is 0 Å². The molecule has 3 rings (SSSR count). The lowest BCUT2D eigenvalue weighted by Gasteiger charge is -2.38. The van der Waals surface area contributed by atoms with Gasteiger partial charge in [0.05, 0.1) is 43.9 Å². The van der Waals surface area contributed by atoms with Gasteiger partial charge in [0.25, 0.3) is 11.6 Å². The number of likely N-dealkylation sites (tertiary alicyclic amines) is 1. The van der Waals surface area contributed by atoms with Gasteiger partial charge in [-0.1, -0.05) is 0 Å². The van der Waals surface area contributed by atoms with Gasteiger partial charge in [-0.05, 0) is 6.07 Å². The van der Waals surface area contributed by atoms with E-state index in [1.54, 1.807) is 12.1 Å². The molecule has 2 heterocycles. The molecule has 1 aliphatic heterocycles. The number of nitro groups is 1. The van der Waals surface area contributed by atoms with Crippen molar-refractivity contribution in [2.45, 2.75) is 6.10 Å². The number of carbonyl (C=O) groups is 1. The zero-order valence-corrected chi connectivity index (χ0v) is 15.1. The Labute approximate surface area is 160 Å². The number of methoxy groups -OCH3 is 2. The fourth-order valence-electron chi connectivity index (χ4n) is 2.73. The summed E-state index contributed by atoms with van der Waals surface area (Å²) in [6.45, 7) is 0.512. The second-order valence-electron chi connectivity index (χ2n) is 5.93. The van der Waals surface area contributed by atoms with Crippen LogP contribution in [0.5, 0.6) is 17.4 Å². The van der Waals surface area contributed by atoms with E-state index in [-0.39, 0.29) is 41.9 Å². The van der Waals surface area contributed by atoms with Crippen LogP contribution in [0.25, 0.3) is 0 Å². The van der Waals surface area contributed by atoms with Crippen molar-refractivity contribution < 1.29 is 23.9 Å². The Bertz CT molecular complexity index is 948. The van der Waals surface area contributed by atoms with E-state index in [1.165, 1.54) is 37.4 Å². The molecule has 0 atom stereocenters. The summed E-state index contributed by atoms with van der Waals surface area (Å²) in [5.74, 6) is 0.238. The van der Waals surface area contributed by atoms with E-state index in [0.717, 1.165) is 0 Å². The molecule has 1 fully saturated rings. The quantitative estimate of drug-likeness (QED) is 0.544. The molecule has 0 aliphatic carbocycles. The van der Waals surface area contributed by atoms with Crippen LogP contribution >= 0.6 is 0 Å². The minimum Gasteiger partial charge on any atom is -0.493 e. The molecule has 144 valence electrons. The lowest BCUT2D eigenvalue weighted by molar-refractivity contribution is -0.385.